The van der Waals surface area contributed by atoms with Crippen molar-refractivity contribution in [2.45, 2.75) is 18.9 Å². The largest absolute Gasteiger partial charge is 0.486 e. The Morgan fingerprint density at radius 1 is 1.19 bits per heavy atom. The number of benzene rings is 2. The lowest BCUT2D eigenvalue weighted by Gasteiger charge is -2.26. The molecule has 1 saturated heterocycles. The summed E-state index contributed by atoms with van der Waals surface area (Å²) in [4.78, 5) is 14.6. The molecule has 0 aliphatic carbocycles. The van der Waals surface area contributed by atoms with Crippen molar-refractivity contribution in [3.8, 4) is 23.3 Å². The Balaban J connectivity index is 1.44. The number of ether oxygens (including phenoxy) is 3. The van der Waals surface area contributed by atoms with E-state index in [1.54, 1.807) is 24.3 Å². The normalized spacial score (nSPS) is 18.0. The van der Waals surface area contributed by atoms with Gasteiger partial charge in [-0.05, 0) is 48.7 Å². The smallest absolute Gasteiger partial charge is 0.261 e. The molecule has 2 aliphatic rings. The second-order valence-corrected chi connectivity index (χ2v) is 6.58. The Bertz CT molecular complexity index is 890. The van der Waals surface area contributed by atoms with Crippen LogP contribution >= 0.6 is 0 Å². The molecule has 6 nitrogen and oxygen atoms in total. The van der Waals surface area contributed by atoms with E-state index in [1.807, 2.05) is 23.1 Å². The number of nitrogens with zero attached hydrogens (tertiary/aromatic N) is 2. The number of carbonyl (C=O) groups excluding carboxylic acids is 1. The number of hydrogen-bond acceptors (Lipinski definition) is 5. The van der Waals surface area contributed by atoms with Gasteiger partial charge >= 0.3 is 0 Å². The Labute approximate surface area is 157 Å². The molecule has 1 amide bonds. The highest BCUT2D eigenvalue weighted by atomic mass is 16.6. The number of nitriles is 1. The highest BCUT2D eigenvalue weighted by molar-refractivity contribution is 5.78. The van der Waals surface area contributed by atoms with Gasteiger partial charge in [-0.2, -0.15) is 5.26 Å². The minimum absolute atomic E-state index is 0.0161. The van der Waals surface area contributed by atoms with Crippen LogP contribution in [0.5, 0.6) is 17.2 Å². The van der Waals surface area contributed by atoms with Crippen LogP contribution in [0.3, 0.4) is 0 Å². The van der Waals surface area contributed by atoms with Crippen molar-refractivity contribution < 1.29 is 19.0 Å². The maximum atomic E-state index is 12.7. The standard InChI is InChI=1S/C21H20N2O4/c22-13-15-3-1-4-17(11-15)27-14-21(24)23-8-2-5-18(23)16-6-7-19-20(12-16)26-10-9-25-19/h1,3-4,6-7,11-12,18H,2,5,8-10,14H2. The van der Waals surface area contributed by atoms with Crippen LogP contribution in [0, 0.1) is 11.3 Å². The van der Waals surface area contributed by atoms with Gasteiger partial charge in [-0.25, -0.2) is 0 Å². The van der Waals surface area contributed by atoms with Crippen LogP contribution in [0.1, 0.15) is 30.0 Å². The second-order valence-electron chi connectivity index (χ2n) is 6.58. The van der Waals surface area contributed by atoms with Gasteiger partial charge < -0.3 is 19.1 Å². The number of rotatable bonds is 4. The maximum Gasteiger partial charge on any atom is 0.261 e. The summed E-state index contributed by atoms with van der Waals surface area (Å²) in [6, 6.07) is 14.8. The highest BCUT2D eigenvalue weighted by Gasteiger charge is 2.31. The van der Waals surface area contributed by atoms with Gasteiger partial charge in [0.25, 0.3) is 5.91 Å². The van der Waals surface area contributed by atoms with Crippen molar-refractivity contribution in [1.29, 1.82) is 5.26 Å². The lowest BCUT2D eigenvalue weighted by atomic mass is 10.0. The van der Waals surface area contributed by atoms with Crippen molar-refractivity contribution in [3.05, 3.63) is 53.6 Å². The summed E-state index contributed by atoms with van der Waals surface area (Å²) < 4.78 is 16.9. The molecule has 1 unspecified atom stereocenters. The van der Waals surface area contributed by atoms with E-state index in [0.717, 1.165) is 29.9 Å². The zero-order valence-electron chi connectivity index (χ0n) is 14.9. The second kappa shape index (κ2) is 7.58. The van der Waals surface area contributed by atoms with E-state index in [4.69, 9.17) is 19.5 Å². The lowest BCUT2D eigenvalue weighted by Crippen LogP contribution is -2.34. The van der Waals surface area contributed by atoms with E-state index in [0.29, 0.717) is 31.1 Å². The Morgan fingerprint density at radius 2 is 2.04 bits per heavy atom. The highest BCUT2D eigenvalue weighted by Crippen LogP contribution is 2.38. The molecule has 0 bridgehead atoms. The van der Waals surface area contributed by atoms with Crippen LogP contribution in [-0.2, 0) is 4.79 Å². The van der Waals surface area contributed by atoms with Crippen molar-refractivity contribution >= 4 is 5.91 Å². The fourth-order valence-electron chi connectivity index (χ4n) is 3.56. The van der Waals surface area contributed by atoms with E-state index < -0.39 is 0 Å². The minimum atomic E-state index is -0.0604. The van der Waals surface area contributed by atoms with Gasteiger partial charge in [-0.3, -0.25) is 4.79 Å². The number of hydrogen-bond donors (Lipinski definition) is 0. The fraction of sp³-hybridized carbons (Fsp3) is 0.333. The Hall–Kier alpha value is -3.20. The van der Waals surface area contributed by atoms with Gasteiger partial charge in [-0.1, -0.05) is 12.1 Å². The summed E-state index contributed by atoms with van der Waals surface area (Å²) in [5.41, 5.74) is 1.56. The molecule has 0 N–H and O–H groups in total. The van der Waals surface area contributed by atoms with Crippen molar-refractivity contribution in [2.75, 3.05) is 26.4 Å². The summed E-state index contributed by atoms with van der Waals surface area (Å²) in [6.07, 6.45) is 1.87. The molecule has 0 aromatic heterocycles. The first-order valence-corrected chi connectivity index (χ1v) is 9.06. The molecular formula is C21H20N2O4. The van der Waals surface area contributed by atoms with Crippen LogP contribution < -0.4 is 14.2 Å². The quantitative estimate of drug-likeness (QED) is 0.834. The third-order valence-electron chi connectivity index (χ3n) is 4.85. The maximum absolute atomic E-state index is 12.7. The van der Waals surface area contributed by atoms with E-state index in [2.05, 4.69) is 6.07 Å². The molecule has 1 fully saturated rings. The van der Waals surface area contributed by atoms with Crippen LogP contribution in [-0.4, -0.2) is 37.2 Å². The minimum Gasteiger partial charge on any atom is -0.486 e. The molecule has 2 aromatic carbocycles. The van der Waals surface area contributed by atoms with E-state index >= 15 is 0 Å². The van der Waals surface area contributed by atoms with Gasteiger partial charge in [0.2, 0.25) is 0 Å². The van der Waals surface area contributed by atoms with Crippen LogP contribution in [0.4, 0.5) is 0 Å². The predicted molar refractivity (Wildman–Crippen MR) is 97.8 cm³/mol. The van der Waals surface area contributed by atoms with Crippen LogP contribution in [0.2, 0.25) is 0 Å². The molecule has 6 heteroatoms. The third kappa shape index (κ3) is 3.68. The molecule has 4 rings (SSSR count). The molecule has 2 aliphatic heterocycles. The molecule has 0 spiro atoms. The van der Waals surface area contributed by atoms with Gasteiger partial charge in [0.1, 0.15) is 19.0 Å². The predicted octanol–water partition coefficient (Wildman–Crippen LogP) is 3.07. The zero-order chi connectivity index (χ0) is 18.6. The zero-order valence-corrected chi connectivity index (χ0v) is 14.9. The molecular weight excluding hydrogens is 344 g/mol. The average Bonchev–Trinajstić information content (AvgIpc) is 3.22. The van der Waals surface area contributed by atoms with Crippen molar-refractivity contribution in [2.24, 2.45) is 0 Å². The van der Waals surface area contributed by atoms with Gasteiger partial charge in [0, 0.05) is 6.54 Å². The Morgan fingerprint density at radius 3 is 2.89 bits per heavy atom. The summed E-state index contributed by atoms with van der Waals surface area (Å²) in [5, 5.41) is 8.96. The fourth-order valence-corrected chi connectivity index (χ4v) is 3.56. The average molecular weight is 364 g/mol. The SMILES string of the molecule is N#Cc1cccc(OCC(=O)N2CCCC2c2ccc3c(c2)OCCO3)c1. The molecule has 0 saturated carbocycles. The van der Waals surface area contributed by atoms with Gasteiger partial charge in [0.05, 0.1) is 17.7 Å². The molecule has 27 heavy (non-hydrogen) atoms. The van der Waals surface area contributed by atoms with Gasteiger partial charge in [-0.15, -0.1) is 0 Å². The number of fused-ring (bicyclic) bond motifs is 1. The molecule has 2 heterocycles. The van der Waals surface area contributed by atoms with E-state index in [1.165, 1.54) is 0 Å². The van der Waals surface area contributed by atoms with Crippen molar-refractivity contribution in [1.82, 2.24) is 4.90 Å². The molecule has 0 radical (unpaired) electrons. The first kappa shape index (κ1) is 17.2. The summed E-state index contributed by atoms with van der Waals surface area (Å²) in [7, 11) is 0. The first-order chi connectivity index (χ1) is 13.2. The van der Waals surface area contributed by atoms with Crippen LogP contribution in [0.25, 0.3) is 0 Å². The Kier molecular flexibility index (Phi) is 4.84. The van der Waals surface area contributed by atoms with Gasteiger partial charge in [0.15, 0.2) is 18.1 Å². The summed E-state index contributed by atoms with van der Waals surface area (Å²) >= 11 is 0. The lowest BCUT2D eigenvalue weighted by molar-refractivity contribution is -0.134. The topological polar surface area (TPSA) is 71.8 Å². The third-order valence-corrected chi connectivity index (χ3v) is 4.85. The monoisotopic (exact) mass is 364 g/mol. The van der Waals surface area contributed by atoms with Crippen LogP contribution in [0.15, 0.2) is 42.5 Å². The number of likely N-dealkylation sites (tertiary alicyclic amines) is 1. The number of carbonyl (C=O) groups is 1. The first-order valence-electron chi connectivity index (χ1n) is 9.06. The summed E-state index contributed by atoms with van der Waals surface area (Å²) in [6.45, 7) is 1.76. The molecule has 138 valence electrons. The van der Waals surface area contributed by atoms with Crippen molar-refractivity contribution in [3.63, 3.8) is 0 Å². The molecule has 2 aromatic rings. The van der Waals surface area contributed by atoms with E-state index in [-0.39, 0.29) is 18.6 Å². The molecule has 1 atom stereocenters. The number of amides is 1. The summed E-state index contributed by atoms with van der Waals surface area (Å²) in [5.74, 6) is 1.96. The van der Waals surface area contributed by atoms with E-state index in [9.17, 15) is 4.79 Å².